The molecule has 0 aromatic carbocycles. The van der Waals surface area contributed by atoms with Crippen LogP contribution in [0.2, 0.25) is 0 Å². The molecule has 2 heterocycles. The third-order valence-electron chi connectivity index (χ3n) is 4.72. The van der Waals surface area contributed by atoms with Crippen LogP contribution in [0.4, 0.5) is 5.82 Å². The smallest absolute Gasteiger partial charge is 0.191 e. The van der Waals surface area contributed by atoms with Gasteiger partial charge in [-0.3, -0.25) is 4.99 Å². The van der Waals surface area contributed by atoms with Crippen LogP contribution in [0.1, 0.15) is 31.7 Å². The summed E-state index contributed by atoms with van der Waals surface area (Å²) in [6, 6.07) is 4.26. The van der Waals surface area contributed by atoms with E-state index >= 15 is 0 Å². The van der Waals surface area contributed by atoms with Crippen molar-refractivity contribution in [2.45, 2.75) is 32.7 Å². The summed E-state index contributed by atoms with van der Waals surface area (Å²) in [5, 5.41) is 6.66. The van der Waals surface area contributed by atoms with Gasteiger partial charge in [-0.25, -0.2) is 4.98 Å². The number of unbranched alkanes of at least 4 members (excludes halogenated alkanes) is 1. The van der Waals surface area contributed by atoms with Gasteiger partial charge in [0, 0.05) is 65.7 Å². The zero-order chi connectivity index (χ0) is 19.3. The van der Waals surface area contributed by atoms with Gasteiger partial charge >= 0.3 is 0 Å². The van der Waals surface area contributed by atoms with E-state index in [0.29, 0.717) is 6.54 Å². The number of hydrogen-bond donors (Lipinski definition) is 2. The molecule has 7 nitrogen and oxygen atoms in total. The molecule has 0 radical (unpaired) electrons. The normalized spacial score (nSPS) is 15.2. The largest absolute Gasteiger partial charge is 0.381 e. The second-order valence-corrected chi connectivity index (χ2v) is 6.99. The monoisotopic (exact) mass is 504 g/mol. The molecular weight excluding hydrogens is 467 g/mol. The zero-order valence-electron chi connectivity index (χ0n) is 17.6. The van der Waals surface area contributed by atoms with E-state index in [1.807, 2.05) is 6.20 Å². The fourth-order valence-corrected chi connectivity index (χ4v) is 2.88. The van der Waals surface area contributed by atoms with Crippen LogP contribution in [0.5, 0.6) is 0 Å². The number of anilines is 1. The highest BCUT2D eigenvalue weighted by atomic mass is 127. The maximum Gasteiger partial charge on any atom is 0.191 e. The summed E-state index contributed by atoms with van der Waals surface area (Å²) in [7, 11) is 3.96. The Morgan fingerprint density at radius 1 is 1.14 bits per heavy atom. The number of pyridine rings is 1. The summed E-state index contributed by atoms with van der Waals surface area (Å²) in [5.41, 5.74) is 1.15. The Bertz CT molecular complexity index is 546. The van der Waals surface area contributed by atoms with Crippen molar-refractivity contribution >= 4 is 35.8 Å². The number of halogens is 1. The Morgan fingerprint density at radius 2 is 1.89 bits per heavy atom. The number of guanidine groups is 1. The van der Waals surface area contributed by atoms with Gasteiger partial charge in [0.15, 0.2) is 5.96 Å². The van der Waals surface area contributed by atoms with Crippen LogP contribution >= 0.6 is 24.0 Å². The predicted octanol–water partition coefficient (Wildman–Crippen LogP) is 2.32. The van der Waals surface area contributed by atoms with E-state index in [1.54, 1.807) is 7.05 Å². The molecule has 0 bridgehead atoms. The molecule has 1 aromatic heterocycles. The molecule has 0 aliphatic carbocycles. The Labute approximate surface area is 187 Å². The molecule has 0 spiro atoms. The number of piperazine rings is 1. The standard InChI is InChI=1S/C20H36N6O.HI/c1-4-5-14-27-15-6-9-22-20(21-2)24-17-18-7-8-19(23-16-18)26-12-10-25(3)11-13-26;/h7-8,16H,4-6,9-15,17H2,1-3H3,(H2,21,22,24);1H. The molecule has 0 amide bonds. The molecule has 160 valence electrons. The third-order valence-corrected chi connectivity index (χ3v) is 4.72. The summed E-state index contributed by atoms with van der Waals surface area (Å²) < 4.78 is 5.57. The second kappa shape index (κ2) is 14.8. The van der Waals surface area contributed by atoms with Crippen molar-refractivity contribution in [1.82, 2.24) is 20.5 Å². The Morgan fingerprint density at radius 3 is 2.54 bits per heavy atom. The van der Waals surface area contributed by atoms with Crippen LogP contribution < -0.4 is 15.5 Å². The van der Waals surface area contributed by atoms with Crippen LogP contribution in [0.25, 0.3) is 0 Å². The second-order valence-electron chi connectivity index (χ2n) is 6.99. The zero-order valence-corrected chi connectivity index (χ0v) is 19.9. The number of aromatic nitrogens is 1. The van der Waals surface area contributed by atoms with E-state index in [0.717, 1.165) is 76.1 Å². The van der Waals surface area contributed by atoms with E-state index in [2.05, 4.69) is 56.5 Å². The van der Waals surface area contributed by atoms with E-state index in [4.69, 9.17) is 4.74 Å². The lowest BCUT2D eigenvalue weighted by atomic mass is 10.2. The fraction of sp³-hybridized carbons (Fsp3) is 0.700. The van der Waals surface area contributed by atoms with Gasteiger partial charge in [0.25, 0.3) is 0 Å². The van der Waals surface area contributed by atoms with Crippen LogP contribution in [0.3, 0.4) is 0 Å². The van der Waals surface area contributed by atoms with Crippen molar-refractivity contribution in [3.63, 3.8) is 0 Å². The predicted molar refractivity (Wildman–Crippen MR) is 128 cm³/mol. The molecule has 2 N–H and O–H groups in total. The van der Waals surface area contributed by atoms with E-state index in [1.165, 1.54) is 6.42 Å². The summed E-state index contributed by atoms with van der Waals surface area (Å²) in [6.45, 7) is 9.67. The molecule has 28 heavy (non-hydrogen) atoms. The molecule has 1 saturated heterocycles. The molecule has 1 aromatic rings. The third kappa shape index (κ3) is 9.38. The summed E-state index contributed by atoms with van der Waals surface area (Å²) in [5.74, 6) is 1.88. The highest BCUT2D eigenvalue weighted by Gasteiger charge is 2.14. The maximum atomic E-state index is 5.57. The molecule has 0 unspecified atom stereocenters. The molecule has 8 heteroatoms. The minimum atomic E-state index is 0. The van der Waals surface area contributed by atoms with E-state index in [9.17, 15) is 0 Å². The number of nitrogens with one attached hydrogen (secondary N) is 2. The van der Waals surface area contributed by atoms with Crippen molar-refractivity contribution < 1.29 is 4.74 Å². The summed E-state index contributed by atoms with van der Waals surface area (Å²) in [4.78, 5) is 13.6. The van der Waals surface area contributed by atoms with Crippen LogP contribution in [0, 0.1) is 0 Å². The average molecular weight is 504 g/mol. The molecule has 1 fully saturated rings. The van der Waals surface area contributed by atoms with Gasteiger partial charge in [-0.15, -0.1) is 24.0 Å². The van der Waals surface area contributed by atoms with Gasteiger partial charge < -0.3 is 25.2 Å². The van der Waals surface area contributed by atoms with Gasteiger partial charge in [-0.1, -0.05) is 19.4 Å². The van der Waals surface area contributed by atoms with Crippen LogP contribution in [-0.2, 0) is 11.3 Å². The molecular formula is C20H37IN6O. The number of likely N-dealkylation sites (N-methyl/N-ethyl adjacent to an activating group) is 1. The lowest BCUT2D eigenvalue weighted by molar-refractivity contribution is 0.129. The van der Waals surface area contributed by atoms with Crippen molar-refractivity contribution in [2.75, 3.05) is 64.9 Å². The van der Waals surface area contributed by atoms with Gasteiger partial charge in [0.1, 0.15) is 5.82 Å². The first kappa shape index (κ1) is 24.9. The topological polar surface area (TPSA) is 65.0 Å². The van der Waals surface area contributed by atoms with Crippen LogP contribution in [0.15, 0.2) is 23.3 Å². The molecule has 0 atom stereocenters. The maximum absolute atomic E-state index is 5.57. The van der Waals surface area contributed by atoms with Crippen molar-refractivity contribution in [1.29, 1.82) is 0 Å². The minimum absolute atomic E-state index is 0. The highest BCUT2D eigenvalue weighted by molar-refractivity contribution is 14.0. The first-order chi connectivity index (χ1) is 13.2. The fourth-order valence-electron chi connectivity index (χ4n) is 2.88. The molecule has 1 aliphatic rings. The summed E-state index contributed by atoms with van der Waals surface area (Å²) >= 11 is 0. The number of ether oxygens (including phenoxy) is 1. The van der Waals surface area contributed by atoms with Gasteiger partial charge in [0.2, 0.25) is 0 Å². The first-order valence-electron chi connectivity index (χ1n) is 10.1. The average Bonchev–Trinajstić information content (AvgIpc) is 2.70. The Balaban J connectivity index is 0.00000392. The number of aliphatic imine (C=N–C) groups is 1. The summed E-state index contributed by atoms with van der Waals surface area (Å²) in [6.07, 6.45) is 5.25. The lowest BCUT2D eigenvalue weighted by Gasteiger charge is -2.33. The number of hydrogen-bond acceptors (Lipinski definition) is 5. The van der Waals surface area contributed by atoms with Crippen molar-refractivity contribution in [3.05, 3.63) is 23.9 Å². The minimum Gasteiger partial charge on any atom is -0.381 e. The Kier molecular flexibility index (Phi) is 13.2. The van der Waals surface area contributed by atoms with Gasteiger partial charge in [-0.05, 0) is 31.5 Å². The quantitative estimate of drug-likeness (QED) is 0.221. The SMILES string of the molecule is CCCCOCCCNC(=NC)NCc1ccc(N2CCN(C)CC2)nc1.I. The highest BCUT2D eigenvalue weighted by Crippen LogP contribution is 2.13. The van der Waals surface area contributed by atoms with Gasteiger partial charge in [-0.2, -0.15) is 0 Å². The number of rotatable bonds is 10. The van der Waals surface area contributed by atoms with Crippen LogP contribution in [-0.4, -0.2) is 75.9 Å². The van der Waals surface area contributed by atoms with Crippen molar-refractivity contribution in [3.8, 4) is 0 Å². The molecule has 0 saturated carbocycles. The van der Waals surface area contributed by atoms with Gasteiger partial charge in [0.05, 0.1) is 0 Å². The first-order valence-corrected chi connectivity index (χ1v) is 10.1. The Hall–Kier alpha value is -1.13. The van der Waals surface area contributed by atoms with E-state index in [-0.39, 0.29) is 24.0 Å². The molecule has 1 aliphatic heterocycles. The number of nitrogens with zero attached hydrogens (tertiary/aromatic N) is 4. The molecule has 2 rings (SSSR count). The van der Waals surface area contributed by atoms with Crippen molar-refractivity contribution in [2.24, 2.45) is 4.99 Å². The lowest BCUT2D eigenvalue weighted by Crippen LogP contribution is -2.44. The van der Waals surface area contributed by atoms with E-state index < -0.39 is 0 Å².